The van der Waals surface area contributed by atoms with Crippen molar-refractivity contribution in [2.45, 2.75) is 76.2 Å². The summed E-state index contributed by atoms with van der Waals surface area (Å²) < 4.78 is 20.5. The summed E-state index contributed by atoms with van der Waals surface area (Å²) in [5.41, 5.74) is 6.95. The molecule has 6 aromatic carbocycles. The van der Waals surface area contributed by atoms with Crippen molar-refractivity contribution in [2.24, 2.45) is 0 Å². The first-order chi connectivity index (χ1) is 31.4. The average molecular weight is 854 g/mol. The van der Waals surface area contributed by atoms with Gasteiger partial charge in [-0.2, -0.15) is 0 Å². The van der Waals surface area contributed by atoms with Crippen molar-refractivity contribution in [1.82, 2.24) is 4.90 Å². The number of carbonyl (C=O) groups is 1. The van der Waals surface area contributed by atoms with E-state index in [1.807, 2.05) is 30.3 Å². The van der Waals surface area contributed by atoms with Crippen LogP contribution in [0, 0.1) is 0 Å². The van der Waals surface area contributed by atoms with Gasteiger partial charge >= 0.3 is 5.97 Å². The van der Waals surface area contributed by atoms with Gasteiger partial charge in [-0.25, -0.2) is 4.79 Å². The van der Waals surface area contributed by atoms with E-state index in [-0.39, 0.29) is 5.97 Å². The van der Waals surface area contributed by atoms with E-state index in [4.69, 9.17) is 14.2 Å². The van der Waals surface area contributed by atoms with Gasteiger partial charge in [0.25, 0.3) is 0 Å². The lowest BCUT2D eigenvalue weighted by molar-refractivity contribution is 0.0108. The third kappa shape index (κ3) is 7.21. The zero-order chi connectivity index (χ0) is 43.8. The van der Waals surface area contributed by atoms with E-state index < -0.39 is 17.4 Å². The van der Waals surface area contributed by atoms with E-state index in [9.17, 15) is 9.90 Å². The highest BCUT2D eigenvalue weighted by Gasteiger charge is 2.47. The molecule has 3 aliphatic heterocycles. The quantitative estimate of drug-likeness (QED) is 0.0910. The number of esters is 1. The fourth-order valence-corrected chi connectivity index (χ4v) is 10.8. The standard InChI is InChI=1S/C56H59N3O5/c1-4-6-7-16-31-57-34-35-59(50(38-57)63-54(60)39-19-10-8-11-20-39)48-36-45-46(37-49(48)62-3)53-44(52-51(45)43-23-14-15-24-47(43)55(52,61)5-2)29-30-56(64-53,40-21-12-9-13-22-40)41-25-27-42(28-26-41)58-32-17-18-33-58/h8-15,19-30,36-37,50,61H,4-7,16-18,31-35,38H2,1-3H3. The summed E-state index contributed by atoms with van der Waals surface area (Å²) in [5.74, 6) is 0.991. The first-order valence-electron chi connectivity index (χ1n) is 23.5. The molecule has 0 saturated carbocycles. The normalized spacial score (nSPS) is 21.3. The molecule has 0 amide bonds. The van der Waals surface area contributed by atoms with Crippen LogP contribution in [0.3, 0.4) is 0 Å². The molecule has 2 saturated heterocycles. The molecule has 3 heterocycles. The molecule has 0 bridgehead atoms. The van der Waals surface area contributed by atoms with Crippen molar-refractivity contribution in [1.29, 1.82) is 0 Å². The Morgan fingerprint density at radius 1 is 0.797 bits per heavy atom. The fraction of sp³-hybridized carbons (Fsp3) is 0.339. The number of nitrogens with zero attached hydrogens (tertiary/aromatic N) is 3. The van der Waals surface area contributed by atoms with Crippen molar-refractivity contribution in [3.8, 4) is 22.6 Å². The summed E-state index contributed by atoms with van der Waals surface area (Å²) in [7, 11) is 1.71. The molecule has 0 spiro atoms. The van der Waals surface area contributed by atoms with Crippen LogP contribution in [0.2, 0.25) is 0 Å². The van der Waals surface area contributed by atoms with Gasteiger partial charge in [-0.3, -0.25) is 4.90 Å². The number of hydrogen-bond acceptors (Lipinski definition) is 8. The van der Waals surface area contributed by atoms with E-state index in [0.717, 1.165) is 88.0 Å². The number of carbonyl (C=O) groups excluding carboxylic acids is 1. The smallest absolute Gasteiger partial charge is 0.340 e. The predicted molar refractivity (Wildman–Crippen MR) is 258 cm³/mol. The monoisotopic (exact) mass is 853 g/mol. The van der Waals surface area contributed by atoms with Gasteiger partial charge in [0.05, 0.1) is 24.9 Å². The lowest BCUT2D eigenvalue weighted by atomic mass is 9.79. The second-order valence-electron chi connectivity index (χ2n) is 17.9. The zero-order valence-electron chi connectivity index (χ0n) is 37.4. The van der Waals surface area contributed by atoms with Crippen LogP contribution in [-0.2, 0) is 15.9 Å². The number of piperazine rings is 1. The maximum absolute atomic E-state index is 13.8. The highest BCUT2D eigenvalue weighted by atomic mass is 16.6. The minimum absolute atomic E-state index is 0.356. The molecular weight excluding hydrogens is 795 g/mol. The molecule has 328 valence electrons. The van der Waals surface area contributed by atoms with E-state index in [2.05, 4.69) is 120 Å². The van der Waals surface area contributed by atoms with Crippen molar-refractivity contribution in [2.75, 3.05) is 56.2 Å². The zero-order valence-corrected chi connectivity index (χ0v) is 37.4. The van der Waals surface area contributed by atoms with Gasteiger partial charge < -0.3 is 29.1 Å². The summed E-state index contributed by atoms with van der Waals surface area (Å²) in [6.45, 7) is 9.39. The first kappa shape index (κ1) is 41.9. The molecular formula is C56H59N3O5. The molecule has 10 rings (SSSR count). The van der Waals surface area contributed by atoms with E-state index in [1.54, 1.807) is 19.2 Å². The van der Waals surface area contributed by atoms with Crippen LogP contribution >= 0.6 is 0 Å². The van der Waals surface area contributed by atoms with Crippen molar-refractivity contribution in [3.05, 3.63) is 161 Å². The molecule has 6 aromatic rings. The maximum Gasteiger partial charge on any atom is 0.340 e. The summed E-state index contributed by atoms with van der Waals surface area (Å²) >= 11 is 0. The van der Waals surface area contributed by atoms with Gasteiger partial charge in [0, 0.05) is 59.5 Å². The van der Waals surface area contributed by atoms with Crippen molar-refractivity contribution >= 4 is 34.2 Å². The maximum atomic E-state index is 13.8. The topological polar surface area (TPSA) is 74.7 Å². The van der Waals surface area contributed by atoms with E-state index >= 15 is 0 Å². The number of fused-ring (bicyclic) bond motifs is 8. The lowest BCUT2D eigenvalue weighted by Crippen LogP contribution is -2.55. The molecule has 8 nitrogen and oxygen atoms in total. The van der Waals surface area contributed by atoms with Gasteiger partial charge in [-0.05, 0) is 96.8 Å². The SMILES string of the molecule is CCCCCCN1CCN(c2cc3c4c(c5c(c3cc2OC)OC(c2ccccc2)(c2ccc(N3CCCC3)cc2)C=C5)C(O)(CC)c2ccccc2-4)C(OC(=O)c2ccccc2)C1. The number of hydrogen-bond donors (Lipinski definition) is 1. The van der Waals surface area contributed by atoms with Crippen molar-refractivity contribution < 1.29 is 24.1 Å². The largest absolute Gasteiger partial charge is 0.495 e. The Balaban J connectivity index is 1.15. The minimum Gasteiger partial charge on any atom is -0.495 e. The fourth-order valence-electron chi connectivity index (χ4n) is 10.8. The highest BCUT2D eigenvalue weighted by molar-refractivity contribution is 6.10. The van der Waals surface area contributed by atoms with E-state index in [1.165, 1.54) is 37.8 Å². The molecule has 2 fully saturated rings. The van der Waals surface area contributed by atoms with Crippen LogP contribution < -0.4 is 19.3 Å². The molecule has 1 aliphatic carbocycles. The van der Waals surface area contributed by atoms with Crippen LogP contribution in [0.5, 0.6) is 11.5 Å². The second kappa shape index (κ2) is 17.5. The molecule has 64 heavy (non-hydrogen) atoms. The first-order valence-corrected chi connectivity index (χ1v) is 23.5. The van der Waals surface area contributed by atoms with Gasteiger partial charge in [-0.15, -0.1) is 0 Å². The number of ether oxygens (including phenoxy) is 3. The molecule has 3 unspecified atom stereocenters. The Kier molecular flexibility index (Phi) is 11.4. The number of unbranched alkanes of at least 4 members (excludes halogenated alkanes) is 3. The summed E-state index contributed by atoms with van der Waals surface area (Å²) in [4.78, 5) is 20.9. The number of aliphatic hydroxyl groups is 1. The highest BCUT2D eigenvalue weighted by Crippen LogP contribution is 2.59. The Morgan fingerprint density at radius 2 is 1.52 bits per heavy atom. The number of methoxy groups -OCH3 is 1. The van der Waals surface area contributed by atoms with Crippen LogP contribution in [-0.4, -0.2) is 68.6 Å². The average Bonchev–Trinajstić information content (AvgIpc) is 3.99. The number of anilines is 2. The Bertz CT molecular complexity index is 2680. The van der Waals surface area contributed by atoms with Gasteiger partial charge in [0.2, 0.25) is 0 Å². The molecule has 8 heteroatoms. The molecule has 4 aliphatic rings. The molecule has 0 radical (unpaired) electrons. The van der Waals surface area contributed by atoms with Gasteiger partial charge in [0.15, 0.2) is 11.8 Å². The Labute approximate surface area is 377 Å². The Morgan fingerprint density at radius 3 is 2.25 bits per heavy atom. The third-order valence-corrected chi connectivity index (χ3v) is 14.2. The second-order valence-corrected chi connectivity index (χ2v) is 17.9. The molecule has 1 N–H and O–H groups in total. The van der Waals surface area contributed by atoms with E-state index in [0.29, 0.717) is 36.6 Å². The van der Waals surface area contributed by atoms with Crippen molar-refractivity contribution in [3.63, 3.8) is 0 Å². The van der Waals surface area contributed by atoms with Crippen LogP contribution in [0.1, 0.15) is 97.0 Å². The predicted octanol–water partition coefficient (Wildman–Crippen LogP) is 11.3. The summed E-state index contributed by atoms with van der Waals surface area (Å²) in [6, 6.07) is 41.1. The van der Waals surface area contributed by atoms with Crippen LogP contribution in [0.25, 0.3) is 28.0 Å². The lowest BCUT2D eigenvalue weighted by Gasteiger charge is -2.42. The third-order valence-electron chi connectivity index (χ3n) is 14.2. The number of rotatable bonds is 13. The summed E-state index contributed by atoms with van der Waals surface area (Å²) in [6.07, 6.45) is 11.4. The van der Waals surface area contributed by atoms with Crippen LogP contribution in [0.4, 0.5) is 11.4 Å². The minimum atomic E-state index is -1.26. The Hall–Kier alpha value is -6.09. The summed E-state index contributed by atoms with van der Waals surface area (Å²) in [5, 5.41) is 14.9. The van der Waals surface area contributed by atoms with Gasteiger partial charge in [-0.1, -0.05) is 124 Å². The van der Waals surface area contributed by atoms with Gasteiger partial charge in [0.1, 0.15) is 17.1 Å². The number of benzene rings is 6. The molecule has 3 atom stereocenters. The molecule has 0 aromatic heterocycles. The van der Waals surface area contributed by atoms with Crippen LogP contribution in [0.15, 0.2) is 127 Å².